The third-order valence-corrected chi connectivity index (χ3v) is 5.54. The van der Waals surface area contributed by atoms with E-state index in [0.717, 1.165) is 62.6 Å². The summed E-state index contributed by atoms with van der Waals surface area (Å²) in [5.41, 5.74) is 4.19. The number of halogens is 1. The summed E-state index contributed by atoms with van der Waals surface area (Å²) in [7, 11) is 0. The van der Waals surface area contributed by atoms with Gasteiger partial charge < -0.3 is 20.1 Å². The molecule has 1 atom stereocenters. The number of benzene rings is 1. The normalized spacial score (nSPS) is 15.7. The van der Waals surface area contributed by atoms with E-state index < -0.39 is 0 Å². The number of hydrogen-bond donors (Lipinski definition) is 2. The molecule has 0 aliphatic carbocycles. The van der Waals surface area contributed by atoms with Gasteiger partial charge in [0.15, 0.2) is 0 Å². The molecule has 0 saturated carbocycles. The van der Waals surface area contributed by atoms with Crippen LogP contribution in [0.3, 0.4) is 0 Å². The predicted octanol–water partition coefficient (Wildman–Crippen LogP) is 3.16. The third-order valence-electron chi connectivity index (χ3n) is 5.54. The molecule has 3 rings (SSSR count). The summed E-state index contributed by atoms with van der Waals surface area (Å²) in [4.78, 5) is 15.1. The van der Waals surface area contributed by atoms with Crippen molar-refractivity contribution in [1.82, 2.24) is 20.1 Å². The first kappa shape index (κ1) is 22.5. The van der Waals surface area contributed by atoms with E-state index in [2.05, 4.69) is 58.2 Å². The molecule has 2 N–H and O–H groups in total. The zero-order valence-corrected chi connectivity index (χ0v) is 18.0. The number of piperazine rings is 1. The first-order valence-corrected chi connectivity index (χ1v) is 10.0. The summed E-state index contributed by atoms with van der Waals surface area (Å²) in [6, 6.07) is 12.7. The Kier molecular flexibility index (Phi) is 8.55. The molecule has 1 fully saturated rings. The van der Waals surface area contributed by atoms with Crippen molar-refractivity contribution in [3.8, 4) is 0 Å². The highest BCUT2D eigenvalue weighted by atomic mass is 35.5. The molecule has 0 bridgehead atoms. The van der Waals surface area contributed by atoms with Gasteiger partial charge in [0.25, 0.3) is 5.91 Å². The van der Waals surface area contributed by atoms with Crippen LogP contribution in [0, 0.1) is 13.8 Å². The molecular formula is C22H33ClN4O. The van der Waals surface area contributed by atoms with Crippen molar-refractivity contribution < 1.29 is 4.79 Å². The molecule has 1 saturated heterocycles. The van der Waals surface area contributed by atoms with Gasteiger partial charge in [-0.15, -0.1) is 12.4 Å². The third kappa shape index (κ3) is 5.37. The minimum absolute atomic E-state index is 0. The molecule has 2 aromatic rings. The average Bonchev–Trinajstić information content (AvgIpc) is 3.00. The van der Waals surface area contributed by atoms with Crippen molar-refractivity contribution in [2.75, 3.05) is 39.3 Å². The van der Waals surface area contributed by atoms with Gasteiger partial charge in [-0.3, -0.25) is 4.79 Å². The van der Waals surface area contributed by atoms with Gasteiger partial charge >= 0.3 is 0 Å². The highest BCUT2D eigenvalue weighted by Crippen LogP contribution is 2.25. The molecule has 28 heavy (non-hydrogen) atoms. The number of aromatic nitrogens is 1. The van der Waals surface area contributed by atoms with E-state index in [9.17, 15) is 4.79 Å². The molecule has 0 spiro atoms. The Hall–Kier alpha value is -1.82. The number of aryl methyl sites for hydroxylation is 1. The number of carbonyl (C=O) groups is 1. The van der Waals surface area contributed by atoms with Gasteiger partial charge in [-0.25, -0.2) is 0 Å². The molecule has 5 nitrogen and oxygen atoms in total. The van der Waals surface area contributed by atoms with Crippen molar-refractivity contribution in [3.63, 3.8) is 0 Å². The number of nitrogens with one attached hydrogen (secondary N) is 2. The maximum absolute atomic E-state index is 12.7. The largest absolute Gasteiger partial charge is 0.352 e. The fraction of sp³-hybridized carbons (Fsp3) is 0.500. The molecule has 1 aromatic heterocycles. The van der Waals surface area contributed by atoms with E-state index in [1.807, 2.05) is 19.1 Å². The van der Waals surface area contributed by atoms with Crippen LogP contribution >= 0.6 is 12.4 Å². The standard InChI is InChI=1S/C22H32N4O.ClH/c1-17-16-21(19(3)26(17)18(2)20-8-5-4-6-9-20)22(27)24-10-7-13-25-14-11-23-12-15-25;/h4-6,8-9,16,18,23H,7,10-15H2,1-3H3,(H,24,27);1H. The molecule has 1 unspecified atom stereocenters. The summed E-state index contributed by atoms with van der Waals surface area (Å²) in [6.07, 6.45) is 0.991. The number of hydrogen-bond acceptors (Lipinski definition) is 3. The molecule has 1 aliphatic rings. The van der Waals surface area contributed by atoms with E-state index in [0.29, 0.717) is 0 Å². The topological polar surface area (TPSA) is 49.3 Å². The van der Waals surface area contributed by atoms with Gasteiger partial charge in [-0.1, -0.05) is 30.3 Å². The van der Waals surface area contributed by atoms with Crippen LogP contribution in [0.5, 0.6) is 0 Å². The lowest BCUT2D eigenvalue weighted by atomic mass is 10.1. The van der Waals surface area contributed by atoms with Crippen molar-refractivity contribution in [2.45, 2.75) is 33.2 Å². The maximum Gasteiger partial charge on any atom is 0.253 e. The Balaban J connectivity index is 0.00000280. The van der Waals surface area contributed by atoms with Gasteiger partial charge in [0, 0.05) is 44.1 Å². The molecule has 0 radical (unpaired) electrons. The predicted molar refractivity (Wildman–Crippen MR) is 118 cm³/mol. The summed E-state index contributed by atoms with van der Waals surface area (Å²) in [5, 5.41) is 6.47. The van der Waals surface area contributed by atoms with Crippen molar-refractivity contribution in [2.24, 2.45) is 0 Å². The second-order valence-corrected chi connectivity index (χ2v) is 7.44. The Morgan fingerprint density at radius 3 is 2.54 bits per heavy atom. The van der Waals surface area contributed by atoms with E-state index in [1.165, 1.54) is 5.56 Å². The van der Waals surface area contributed by atoms with Gasteiger partial charge in [0.05, 0.1) is 11.6 Å². The lowest BCUT2D eigenvalue weighted by Crippen LogP contribution is -2.44. The number of amides is 1. The molecule has 2 heterocycles. The summed E-state index contributed by atoms with van der Waals surface area (Å²) >= 11 is 0. The number of carbonyl (C=O) groups excluding carboxylic acids is 1. The summed E-state index contributed by atoms with van der Waals surface area (Å²) < 4.78 is 2.25. The molecule has 1 aromatic carbocycles. The lowest BCUT2D eigenvalue weighted by Gasteiger charge is -2.27. The molecule has 1 amide bonds. The SMILES string of the molecule is Cc1cc(C(=O)NCCCN2CCNCC2)c(C)n1C(C)c1ccccc1.Cl. The first-order valence-electron chi connectivity index (χ1n) is 10.0. The fourth-order valence-corrected chi connectivity index (χ4v) is 4.02. The zero-order valence-electron chi connectivity index (χ0n) is 17.2. The maximum atomic E-state index is 12.7. The van der Waals surface area contributed by atoms with Crippen LogP contribution < -0.4 is 10.6 Å². The van der Waals surface area contributed by atoms with Crippen LogP contribution in [0.2, 0.25) is 0 Å². The van der Waals surface area contributed by atoms with Gasteiger partial charge in [-0.2, -0.15) is 0 Å². The van der Waals surface area contributed by atoms with Gasteiger partial charge in [0.1, 0.15) is 0 Å². The Bertz CT molecular complexity index is 753. The first-order chi connectivity index (χ1) is 13.1. The van der Waals surface area contributed by atoms with E-state index >= 15 is 0 Å². The zero-order chi connectivity index (χ0) is 19.2. The Labute approximate surface area is 174 Å². The summed E-state index contributed by atoms with van der Waals surface area (Å²) in [6.45, 7) is 12.4. The van der Waals surface area contributed by atoms with E-state index in [4.69, 9.17) is 0 Å². The van der Waals surface area contributed by atoms with Crippen LogP contribution in [0.25, 0.3) is 0 Å². The number of rotatable bonds is 7. The number of nitrogens with zero attached hydrogens (tertiary/aromatic N) is 2. The van der Waals surface area contributed by atoms with Crippen LogP contribution in [0.1, 0.15) is 46.7 Å². The van der Waals surface area contributed by atoms with E-state index in [-0.39, 0.29) is 24.4 Å². The second-order valence-electron chi connectivity index (χ2n) is 7.44. The smallest absolute Gasteiger partial charge is 0.253 e. The van der Waals surface area contributed by atoms with Crippen molar-refractivity contribution in [3.05, 3.63) is 58.9 Å². The van der Waals surface area contributed by atoms with Crippen molar-refractivity contribution >= 4 is 18.3 Å². The average molecular weight is 405 g/mol. The Morgan fingerprint density at radius 2 is 1.86 bits per heavy atom. The van der Waals surface area contributed by atoms with Crippen LogP contribution in [0.4, 0.5) is 0 Å². The molecule has 1 aliphatic heterocycles. The van der Waals surface area contributed by atoms with Crippen LogP contribution in [-0.2, 0) is 0 Å². The molecule has 154 valence electrons. The second kappa shape index (κ2) is 10.6. The highest BCUT2D eigenvalue weighted by Gasteiger charge is 2.19. The quantitative estimate of drug-likeness (QED) is 0.697. The minimum Gasteiger partial charge on any atom is -0.352 e. The molecular weight excluding hydrogens is 372 g/mol. The van der Waals surface area contributed by atoms with Crippen LogP contribution in [-0.4, -0.2) is 54.6 Å². The fourth-order valence-electron chi connectivity index (χ4n) is 4.02. The van der Waals surface area contributed by atoms with Crippen molar-refractivity contribution in [1.29, 1.82) is 0 Å². The Morgan fingerprint density at radius 1 is 1.18 bits per heavy atom. The summed E-state index contributed by atoms with van der Waals surface area (Å²) in [5.74, 6) is 0.0370. The highest BCUT2D eigenvalue weighted by molar-refractivity contribution is 5.95. The monoisotopic (exact) mass is 404 g/mol. The lowest BCUT2D eigenvalue weighted by molar-refractivity contribution is 0.0950. The minimum atomic E-state index is 0. The van der Waals surface area contributed by atoms with E-state index in [1.54, 1.807) is 0 Å². The van der Waals surface area contributed by atoms with Gasteiger partial charge in [0.2, 0.25) is 0 Å². The molecule has 6 heteroatoms. The van der Waals surface area contributed by atoms with Gasteiger partial charge in [-0.05, 0) is 45.4 Å². The van der Waals surface area contributed by atoms with Crippen LogP contribution in [0.15, 0.2) is 36.4 Å².